The minimum absolute atomic E-state index is 0.0340. The van der Waals surface area contributed by atoms with Gasteiger partial charge in [0.1, 0.15) is 10.8 Å². The lowest BCUT2D eigenvalue weighted by atomic mass is 10.0. The van der Waals surface area contributed by atoms with Crippen molar-refractivity contribution < 1.29 is 4.79 Å². The van der Waals surface area contributed by atoms with E-state index in [1.165, 1.54) is 12.4 Å². The number of hydrogen-bond acceptors (Lipinski definition) is 4. The van der Waals surface area contributed by atoms with Crippen LogP contribution in [0.5, 0.6) is 0 Å². The Kier molecular flexibility index (Phi) is 4.50. The second kappa shape index (κ2) is 6.12. The summed E-state index contributed by atoms with van der Waals surface area (Å²) in [4.78, 5) is 21.1. The normalized spacial score (nSPS) is 12.4. The fourth-order valence-corrected chi connectivity index (χ4v) is 2.80. The Balaban J connectivity index is 2.16. The van der Waals surface area contributed by atoms with Crippen molar-refractivity contribution in [2.45, 2.75) is 19.9 Å². The zero-order valence-electron chi connectivity index (χ0n) is 10.6. The number of halogens is 1. The number of carbonyl (C=O) groups excluding carboxylic acids is 1. The van der Waals surface area contributed by atoms with Gasteiger partial charge in [0, 0.05) is 4.88 Å². The summed E-state index contributed by atoms with van der Waals surface area (Å²) in [5.74, 6) is 0.0249. The van der Waals surface area contributed by atoms with Gasteiger partial charge in [0.2, 0.25) is 0 Å². The van der Waals surface area contributed by atoms with E-state index in [4.69, 9.17) is 11.6 Å². The molecule has 4 nitrogen and oxygen atoms in total. The standard InChI is InChI=1S/C13H14ClN3OS/c1-8(2)12(10-4-3-5-19-10)17-13(18)9-6-15-7-11(14)16-9/h3-8,12H,1-2H3,(H,17,18). The molecule has 2 rings (SSSR count). The number of nitrogens with one attached hydrogen (secondary N) is 1. The lowest BCUT2D eigenvalue weighted by Gasteiger charge is -2.20. The smallest absolute Gasteiger partial charge is 0.272 e. The van der Waals surface area contributed by atoms with Crippen LogP contribution in [0.4, 0.5) is 0 Å². The molecule has 0 aliphatic rings. The Morgan fingerprint density at radius 3 is 2.79 bits per heavy atom. The third-order valence-corrected chi connectivity index (χ3v) is 3.78. The Morgan fingerprint density at radius 1 is 1.42 bits per heavy atom. The van der Waals surface area contributed by atoms with Crippen LogP contribution in [0, 0.1) is 5.92 Å². The van der Waals surface area contributed by atoms with Crippen LogP contribution in [0.1, 0.15) is 35.3 Å². The van der Waals surface area contributed by atoms with E-state index in [0.29, 0.717) is 0 Å². The van der Waals surface area contributed by atoms with Crippen LogP contribution in [0.25, 0.3) is 0 Å². The molecule has 2 heterocycles. The second-order valence-electron chi connectivity index (χ2n) is 4.44. The molecule has 0 aliphatic carbocycles. The van der Waals surface area contributed by atoms with Crippen LogP contribution in [-0.4, -0.2) is 15.9 Å². The fraction of sp³-hybridized carbons (Fsp3) is 0.308. The summed E-state index contributed by atoms with van der Waals surface area (Å²) in [6, 6.07) is 3.95. The van der Waals surface area contributed by atoms with Crippen molar-refractivity contribution in [3.63, 3.8) is 0 Å². The van der Waals surface area contributed by atoms with Gasteiger partial charge >= 0.3 is 0 Å². The zero-order valence-corrected chi connectivity index (χ0v) is 12.2. The SMILES string of the molecule is CC(C)C(NC(=O)c1cncc(Cl)n1)c1cccs1. The molecule has 6 heteroatoms. The molecule has 1 unspecified atom stereocenters. The molecule has 0 aromatic carbocycles. The number of amides is 1. The number of nitrogens with zero attached hydrogens (tertiary/aromatic N) is 2. The third-order valence-electron chi connectivity index (χ3n) is 2.64. The van der Waals surface area contributed by atoms with E-state index in [2.05, 4.69) is 29.1 Å². The van der Waals surface area contributed by atoms with Gasteiger partial charge in [-0.05, 0) is 17.4 Å². The summed E-state index contributed by atoms with van der Waals surface area (Å²) in [5.41, 5.74) is 0.231. The molecule has 2 aromatic rings. The average molecular weight is 296 g/mol. The molecule has 0 saturated carbocycles. The molecule has 0 radical (unpaired) electrons. The quantitative estimate of drug-likeness (QED) is 0.941. The van der Waals surface area contributed by atoms with Crippen molar-refractivity contribution in [2.75, 3.05) is 0 Å². The molecule has 1 atom stereocenters. The van der Waals surface area contributed by atoms with Gasteiger partial charge in [-0.2, -0.15) is 0 Å². The van der Waals surface area contributed by atoms with Crippen LogP contribution in [0.2, 0.25) is 5.15 Å². The largest absolute Gasteiger partial charge is 0.343 e. The molecule has 19 heavy (non-hydrogen) atoms. The summed E-state index contributed by atoms with van der Waals surface area (Å²) in [6.45, 7) is 4.13. The molecule has 100 valence electrons. The maximum atomic E-state index is 12.1. The van der Waals surface area contributed by atoms with E-state index in [1.807, 2.05) is 17.5 Å². The number of rotatable bonds is 4. The van der Waals surface area contributed by atoms with Crippen LogP contribution in [0.15, 0.2) is 29.9 Å². The summed E-state index contributed by atoms with van der Waals surface area (Å²) in [5, 5.41) is 5.18. The number of thiophene rings is 1. The average Bonchev–Trinajstić information content (AvgIpc) is 2.88. The zero-order chi connectivity index (χ0) is 13.8. The summed E-state index contributed by atoms with van der Waals surface area (Å²) >= 11 is 7.36. The van der Waals surface area contributed by atoms with Crippen molar-refractivity contribution in [1.29, 1.82) is 0 Å². The van der Waals surface area contributed by atoms with Gasteiger partial charge in [-0.15, -0.1) is 11.3 Å². The van der Waals surface area contributed by atoms with E-state index in [9.17, 15) is 4.79 Å². The molecule has 0 fully saturated rings. The number of carbonyl (C=O) groups is 1. The Hall–Kier alpha value is -1.46. The molecule has 0 saturated heterocycles. The van der Waals surface area contributed by atoms with Crippen molar-refractivity contribution >= 4 is 28.8 Å². The Labute approximate surface area is 120 Å². The van der Waals surface area contributed by atoms with E-state index in [-0.39, 0.29) is 28.7 Å². The molecule has 1 amide bonds. The van der Waals surface area contributed by atoms with Gasteiger partial charge in [-0.3, -0.25) is 9.78 Å². The van der Waals surface area contributed by atoms with Crippen LogP contribution >= 0.6 is 22.9 Å². The monoisotopic (exact) mass is 295 g/mol. The Bertz CT molecular complexity index is 557. The first-order valence-corrected chi connectivity index (χ1v) is 7.15. The summed E-state index contributed by atoms with van der Waals surface area (Å²) in [6.07, 6.45) is 2.81. The molecule has 1 N–H and O–H groups in total. The highest BCUT2D eigenvalue weighted by Crippen LogP contribution is 2.26. The van der Waals surface area contributed by atoms with E-state index < -0.39 is 0 Å². The summed E-state index contributed by atoms with van der Waals surface area (Å²) in [7, 11) is 0. The van der Waals surface area contributed by atoms with Gasteiger partial charge in [-0.25, -0.2) is 4.98 Å². The van der Waals surface area contributed by atoms with Gasteiger partial charge < -0.3 is 5.32 Å². The van der Waals surface area contributed by atoms with Crippen LogP contribution in [0.3, 0.4) is 0 Å². The third kappa shape index (κ3) is 3.52. The number of hydrogen-bond donors (Lipinski definition) is 1. The lowest BCUT2D eigenvalue weighted by Crippen LogP contribution is -2.31. The molecule has 0 bridgehead atoms. The Morgan fingerprint density at radius 2 is 2.21 bits per heavy atom. The van der Waals surface area contributed by atoms with Crippen molar-refractivity contribution in [2.24, 2.45) is 5.92 Å². The molecular formula is C13H14ClN3OS. The van der Waals surface area contributed by atoms with Gasteiger partial charge in [0.25, 0.3) is 5.91 Å². The second-order valence-corrected chi connectivity index (χ2v) is 5.80. The fourth-order valence-electron chi connectivity index (χ4n) is 1.70. The van der Waals surface area contributed by atoms with Crippen molar-refractivity contribution in [1.82, 2.24) is 15.3 Å². The minimum atomic E-state index is -0.262. The predicted molar refractivity (Wildman–Crippen MR) is 76.4 cm³/mol. The molecular weight excluding hydrogens is 282 g/mol. The highest BCUT2D eigenvalue weighted by molar-refractivity contribution is 7.10. The van der Waals surface area contributed by atoms with E-state index in [0.717, 1.165) is 4.88 Å². The highest BCUT2D eigenvalue weighted by Gasteiger charge is 2.20. The van der Waals surface area contributed by atoms with Crippen LogP contribution in [-0.2, 0) is 0 Å². The van der Waals surface area contributed by atoms with Crippen molar-refractivity contribution in [3.8, 4) is 0 Å². The topological polar surface area (TPSA) is 54.9 Å². The molecule has 0 spiro atoms. The van der Waals surface area contributed by atoms with E-state index >= 15 is 0 Å². The maximum Gasteiger partial charge on any atom is 0.272 e. The first kappa shape index (κ1) is 14.0. The maximum absolute atomic E-state index is 12.1. The first-order valence-electron chi connectivity index (χ1n) is 5.89. The first-order chi connectivity index (χ1) is 9.08. The molecule has 0 aliphatic heterocycles. The van der Waals surface area contributed by atoms with Crippen molar-refractivity contribution in [3.05, 3.63) is 45.6 Å². The lowest BCUT2D eigenvalue weighted by molar-refractivity contribution is 0.0921. The van der Waals surface area contributed by atoms with Gasteiger partial charge in [0.05, 0.1) is 18.4 Å². The van der Waals surface area contributed by atoms with Gasteiger partial charge in [0.15, 0.2) is 0 Å². The summed E-state index contributed by atoms with van der Waals surface area (Å²) < 4.78 is 0. The van der Waals surface area contributed by atoms with Crippen LogP contribution < -0.4 is 5.32 Å². The predicted octanol–water partition coefficient (Wildman–Crippen LogP) is 3.32. The van der Waals surface area contributed by atoms with E-state index in [1.54, 1.807) is 11.3 Å². The number of aromatic nitrogens is 2. The van der Waals surface area contributed by atoms with Gasteiger partial charge in [-0.1, -0.05) is 31.5 Å². The molecule has 2 aromatic heterocycles. The minimum Gasteiger partial charge on any atom is -0.343 e. The highest BCUT2D eigenvalue weighted by atomic mass is 35.5.